The Morgan fingerprint density at radius 1 is 1.32 bits per heavy atom. The normalized spacial score (nSPS) is 19.4. The number of carbonyl (C=O) groups is 1. The van der Waals surface area contributed by atoms with Crippen LogP contribution in [0.2, 0.25) is 0 Å². The molecule has 2 heterocycles. The van der Waals surface area contributed by atoms with Crippen LogP contribution < -0.4 is 0 Å². The van der Waals surface area contributed by atoms with Crippen molar-refractivity contribution in [2.45, 2.75) is 45.3 Å². The van der Waals surface area contributed by atoms with Gasteiger partial charge in [0.2, 0.25) is 0 Å². The first-order valence-electron chi connectivity index (χ1n) is 7.84. The van der Waals surface area contributed by atoms with Crippen molar-refractivity contribution in [3.63, 3.8) is 0 Å². The predicted molar refractivity (Wildman–Crippen MR) is 85.8 cm³/mol. The third-order valence-corrected chi connectivity index (χ3v) is 3.90. The van der Waals surface area contributed by atoms with Crippen LogP contribution in [0.4, 0.5) is 4.79 Å². The predicted octanol–water partition coefficient (Wildman–Crippen LogP) is 3.61. The molecule has 0 spiro atoms. The van der Waals surface area contributed by atoms with Crippen molar-refractivity contribution >= 4 is 17.0 Å². The van der Waals surface area contributed by atoms with Crippen LogP contribution in [0.3, 0.4) is 0 Å². The van der Waals surface area contributed by atoms with Gasteiger partial charge in [-0.2, -0.15) is 5.10 Å². The maximum atomic E-state index is 12.3. The van der Waals surface area contributed by atoms with Crippen molar-refractivity contribution in [2.24, 2.45) is 0 Å². The first kappa shape index (κ1) is 14.9. The number of ether oxygens (including phenoxy) is 1. The number of hydrogen-bond donors (Lipinski definition) is 0. The number of fused-ring (bicyclic) bond motifs is 1. The summed E-state index contributed by atoms with van der Waals surface area (Å²) >= 11 is 0. The van der Waals surface area contributed by atoms with Gasteiger partial charge in [0.05, 0.1) is 17.8 Å². The molecule has 1 aliphatic rings. The van der Waals surface area contributed by atoms with Gasteiger partial charge in [-0.25, -0.2) is 4.79 Å². The van der Waals surface area contributed by atoms with E-state index in [4.69, 9.17) is 4.74 Å². The highest BCUT2D eigenvalue weighted by atomic mass is 16.6. The summed E-state index contributed by atoms with van der Waals surface area (Å²) in [5.74, 6) is 0. The fourth-order valence-corrected chi connectivity index (χ4v) is 2.93. The third kappa shape index (κ3) is 3.08. The van der Waals surface area contributed by atoms with Crippen LogP contribution in [0.1, 0.15) is 39.7 Å². The number of hydrogen-bond acceptors (Lipinski definition) is 3. The number of aromatic nitrogens is 2. The molecule has 5 nitrogen and oxygen atoms in total. The summed E-state index contributed by atoms with van der Waals surface area (Å²) in [7, 11) is 0. The second kappa shape index (κ2) is 5.63. The van der Waals surface area contributed by atoms with Crippen molar-refractivity contribution in [1.29, 1.82) is 0 Å². The van der Waals surface area contributed by atoms with Gasteiger partial charge >= 0.3 is 6.09 Å². The van der Waals surface area contributed by atoms with E-state index in [1.165, 1.54) is 0 Å². The van der Waals surface area contributed by atoms with Gasteiger partial charge in [-0.15, -0.1) is 0 Å². The zero-order valence-electron chi connectivity index (χ0n) is 13.5. The fraction of sp³-hybridized carbons (Fsp3) is 0.529. The topological polar surface area (TPSA) is 47.4 Å². The van der Waals surface area contributed by atoms with Crippen LogP contribution in [0, 0.1) is 0 Å². The van der Waals surface area contributed by atoms with Crippen molar-refractivity contribution in [3.8, 4) is 0 Å². The van der Waals surface area contributed by atoms with Crippen LogP contribution in [-0.2, 0) is 4.74 Å². The number of nitrogens with zero attached hydrogens (tertiary/aromatic N) is 3. The minimum absolute atomic E-state index is 0.209. The maximum absolute atomic E-state index is 12.3. The molecule has 1 amide bonds. The summed E-state index contributed by atoms with van der Waals surface area (Å²) in [6, 6.07) is 8.39. The lowest BCUT2D eigenvalue weighted by atomic mass is 10.1. The molecular weight excluding hydrogens is 278 g/mol. The van der Waals surface area contributed by atoms with E-state index in [0.29, 0.717) is 6.54 Å². The quantitative estimate of drug-likeness (QED) is 0.808. The summed E-state index contributed by atoms with van der Waals surface area (Å²) in [5.41, 5.74) is 0.668. The molecule has 1 saturated heterocycles. The van der Waals surface area contributed by atoms with E-state index in [2.05, 4.69) is 17.2 Å². The standard InChI is InChI=1S/C17H23N3O2/c1-17(2,3)22-16(21)19-10-6-8-14(12-19)20-15-9-5-4-7-13(15)11-18-20/h4-5,7,9,11,14H,6,8,10,12H2,1-3H3/t14-/m1/s1. The number of rotatable bonds is 1. The fourth-order valence-electron chi connectivity index (χ4n) is 2.93. The van der Waals surface area contributed by atoms with E-state index in [1.807, 2.05) is 43.8 Å². The van der Waals surface area contributed by atoms with E-state index < -0.39 is 5.60 Å². The Morgan fingerprint density at radius 3 is 2.86 bits per heavy atom. The Bertz CT molecular complexity index is 672. The highest BCUT2D eigenvalue weighted by molar-refractivity contribution is 5.78. The molecule has 0 aliphatic carbocycles. The van der Waals surface area contributed by atoms with Crippen molar-refractivity contribution in [3.05, 3.63) is 30.5 Å². The van der Waals surface area contributed by atoms with Crippen LogP contribution in [-0.4, -0.2) is 39.5 Å². The minimum atomic E-state index is -0.456. The zero-order valence-corrected chi connectivity index (χ0v) is 13.5. The number of carbonyl (C=O) groups excluding carboxylic acids is 1. The van der Waals surface area contributed by atoms with E-state index in [0.717, 1.165) is 30.3 Å². The van der Waals surface area contributed by atoms with Crippen LogP contribution in [0.5, 0.6) is 0 Å². The van der Waals surface area contributed by atoms with Gasteiger partial charge in [0.25, 0.3) is 0 Å². The first-order valence-corrected chi connectivity index (χ1v) is 7.84. The highest BCUT2D eigenvalue weighted by Crippen LogP contribution is 2.26. The monoisotopic (exact) mass is 301 g/mol. The lowest BCUT2D eigenvalue weighted by molar-refractivity contribution is 0.0169. The number of likely N-dealkylation sites (tertiary alicyclic amines) is 1. The Balaban J connectivity index is 1.77. The molecule has 1 aromatic carbocycles. The van der Waals surface area contributed by atoms with Crippen molar-refractivity contribution < 1.29 is 9.53 Å². The van der Waals surface area contributed by atoms with E-state index >= 15 is 0 Å². The number of benzene rings is 1. The molecule has 0 N–H and O–H groups in total. The Kier molecular flexibility index (Phi) is 3.81. The van der Waals surface area contributed by atoms with Gasteiger partial charge < -0.3 is 9.64 Å². The molecule has 1 fully saturated rings. The Labute approximate surface area is 130 Å². The summed E-state index contributed by atoms with van der Waals surface area (Å²) in [5, 5.41) is 5.66. The van der Waals surface area contributed by atoms with Gasteiger partial charge in [-0.3, -0.25) is 4.68 Å². The number of amides is 1. The Morgan fingerprint density at radius 2 is 2.09 bits per heavy atom. The second-order valence-electron chi connectivity index (χ2n) is 6.87. The van der Waals surface area contributed by atoms with Gasteiger partial charge in [0.15, 0.2) is 0 Å². The van der Waals surface area contributed by atoms with E-state index in [1.54, 1.807) is 4.90 Å². The molecule has 0 radical (unpaired) electrons. The molecule has 3 rings (SSSR count). The lowest BCUT2D eigenvalue weighted by Gasteiger charge is -2.34. The lowest BCUT2D eigenvalue weighted by Crippen LogP contribution is -2.43. The Hall–Kier alpha value is -2.04. The van der Waals surface area contributed by atoms with Gasteiger partial charge in [-0.1, -0.05) is 18.2 Å². The largest absolute Gasteiger partial charge is 0.444 e. The van der Waals surface area contributed by atoms with Gasteiger partial charge in [-0.05, 0) is 39.7 Å². The third-order valence-electron chi connectivity index (χ3n) is 3.90. The van der Waals surface area contributed by atoms with Crippen LogP contribution in [0.15, 0.2) is 30.5 Å². The van der Waals surface area contributed by atoms with E-state index in [9.17, 15) is 4.79 Å². The summed E-state index contributed by atoms with van der Waals surface area (Å²) < 4.78 is 7.54. The van der Waals surface area contributed by atoms with Crippen molar-refractivity contribution in [1.82, 2.24) is 14.7 Å². The molecule has 1 aromatic heterocycles. The molecule has 2 aromatic rings. The SMILES string of the molecule is CC(C)(C)OC(=O)N1CCC[C@@H](n2ncc3ccccc32)C1. The molecule has 0 saturated carbocycles. The maximum Gasteiger partial charge on any atom is 0.410 e. The van der Waals surface area contributed by atoms with Crippen LogP contribution >= 0.6 is 0 Å². The number of para-hydroxylation sites is 1. The average Bonchev–Trinajstić information content (AvgIpc) is 2.89. The number of piperidine rings is 1. The van der Waals surface area contributed by atoms with E-state index in [-0.39, 0.29) is 12.1 Å². The molecule has 22 heavy (non-hydrogen) atoms. The molecule has 118 valence electrons. The molecule has 1 aliphatic heterocycles. The first-order chi connectivity index (χ1) is 10.4. The molecule has 0 bridgehead atoms. The zero-order chi connectivity index (χ0) is 15.7. The summed E-state index contributed by atoms with van der Waals surface area (Å²) in [4.78, 5) is 14.1. The highest BCUT2D eigenvalue weighted by Gasteiger charge is 2.29. The van der Waals surface area contributed by atoms with Crippen molar-refractivity contribution in [2.75, 3.05) is 13.1 Å². The smallest absolute Gasteiger partial charge is 0.410 e. The second-order valence-corrected chi connectivity index (χ2v) is 6.87. The van der Waals surface area contributed by atoms with Crippen LogP contribution in [0.25, 0.3) is 10.9 Å². The summed E-state index contributed by atoms with van der Waals surface area (Å²) in [6.45, 7) is 7.10. The minimum Gasteiger partial charge on any atom is -0.444 e. The average molecular weight is 301 g/mol. The van der Waals surface area contributed by atoms with Gasteiger partial charge in [0.1, 0.15) is 5.60 Å². The van der Waals surface area contributed by atoms with Gasteiger partial charge in [0, 0.05) is 18.5 Å². The molecule has 0 unspecified atom stereocenters. The molecule has 1 atom stereocenters. The summed E-state index contributed by atoms with van der Waals surface area (Å²) in [6.07, 6.45) is 3.67. The molecule has 5 heteroatoms. The molecular formula is C17H23N3O2.